The summed E-state index contributed by atoms with van der Waals surface area (Å²) in [5.74, 6) is 0. The Morgan fingerprint density at radius 2 is 1.84 bits per heavy atom. The monoisotopic (exact) mass is 347 g/mol. The van der Waals surface area contributed by atoms with E-state index in [1.807, 2.05) is 32.9 Å². The van der Waals surface area contributed by atoms with Crippen LogP contribution in [0, 0.1) is 6.92 Å². The van der Waals surface area contributed by atoms with Gasteiger partial charge in [0.1, 0.15) is 0 Å². The van der Waals surface area contributed by atoms with Crippen LogP contribution in [-0.4, -0.2) is 38.0 Å². The molecule has 106 valence electrons. The Labute approximate surface area is 122 Å². The molecule has 1 aromatic carbocycles. The van der Waals surface area contributed by atoms with Crippen molar-refractivity contribution in [2.45, 2.75) is 37.9 Å². The number of rotatable bonds is 2. The van der Waals surface area contributed by atoms with Crippen molar-refractivity contribution < 1.29 is 13.2 Å². The molecule has 0 N–H and O–H groups in total. The highest BCUT2D eigenvalue weighted by Gasteiger charge is 2.33. The van der Waals surface area contributed by atoms with Gasteiger partial charge in [-0.2, -0.15) is 4.31 Å². The fourth-order valence-corrected chi connectivity index (χ4v) is 4.67. The molecular formula is C13H18BrNO3S. The lowest BCUT2D eigenvalue weighted by Gasteiger charge is -2.34. The van der Waals surface area contributed by atoms with Gasteiger partial charge >= 0.3 is 0 Å². The van der Waals surface area contributed by atoms with Gasteiger partial charge in [-0.15, -0.1) is 0 Å². The highest BCUT2D eigenvalue weighted by molar-refractivity contribution is 9.10. The minimum atomic E-state index is -3.46. The third-order valence-electron chi connectivity index (χ3n) is 3.15. The molecule has 1 aromatic rings. The molecule has 0 saturated carbocycles. The van der Waals surface area contributed by atoms with E-state index in [9.17, 15) is 8.42 Å². The largest absolute Gasteiger partial charge is 0.373 e. The number of morpholine rings is 1. The van der Waals surface area contributed by atoms with E-state index in [1.165, 1.54) is 4.31 Å². The van der Waals surface area contributed by atoms with Crippen LogP contribution < -0.4 is 0 Å². The third-order valence-corrected chi connectivity index (χ3v) is 5.62. The van der Waals surface area contributed by atoms with Crippen molar-refractivity contribution in [3.63, 3.8) is 0 Å². The Bertz CT molecular complexity index is 563. The maximum Gasteiger partial charge on any atom is 0.243 e. The summed E-state index contributed by atoms with van der Waals surface area (Å²) >= 11 is 3.33. The number of sulfonamides is 1. The molecule has 1 aliphatic rings. The second kappa shape index (κ2) is 5.52. The van der Waals surface area contributed by atoms with Crippen molar-refractivity contribution in [1.82, 2.24) is 4.31 Å². The first-order chi connectivity index (χ1) is 8.80. The number of benzene rings is 1. The summed E-state index contributed by atoms with van der Waals surface area (Å²) in [6.07, 6.45) is -0.156. The van der Waals surface area contributed by atoms with Gasteiger partial charge in [-0.25, -0.2) is 8.42 Å². The molecule has 1 saturated heterocycles. The molecule has 2 unspecified atom stereocenters. The van der Waals surface area contributed by atoms with Gasteiger partial charge in [-0.05, 0) is 38.5 Å². The third kappa shape index (κ3) is 3.18. The minimum Gasteiger partial charge on any atom is -0.373 e. The lowest BCUT2D eigenvalue weighted by Crippen LogP contribution is -2.48. The Hall–Kier alpha value is -0.430. The average Bonchev–Trinajstić information content (AvgIpc) is 2.31. The summed E-state index contributed by atoms with van der Waals surface area (Å²) in [4.78, 5) is 0.364. The lowest BCUT2D eigenvalue weighted by atomic mass is 10.2. The molecule has 19 heavy (non-hydrogen) atoms. The molecule has 2 atom stereocenters. The zero-order valence-electron chi connectivity index (χ0n) is 11.3. The van der Waals surface area contributed by atoms with Gasteiger partial charge in [0.15, 0.2) is 0 Å². The second-order valence-corrected chi connectivity index (χ2v) is 7.81. The summed E-state index contributed by atoms with van der Waals surface area (Å²) in [7, 11) is -3.46. The van der Waals surface area contributed by atoms with Gasteiger partial charge in [0, 0.05) is 17.6 Å². The van der Waals surface area contributed by atoms with Crippen molar-refractivity contribution in [2.24, 2.45) is 0 Å². The van der Waals surface area contributed by atoms with Crippen LogP contribution in [0.15, 0.2) is 27.6 Å². The lowest BCUT2D eigenvalue weighted by molar-refractivity contribution is -0.0440. The van der Waals surface area contributed by atoms with E-state index in [0.717, 1.165) is 10.0 Å². The Kier molecular flexibility index (Phi) is 4.35. The normalized spacial score (nSPS) is 25.5. The van der Waals surface area contributed by atoms with Crippen molar-refractivity contribution >= 4 is 26.0 Å². The van der Waals surface area contributed by atoms with Crippen molar-refractivity contribution in [1.29, 1.82) is 0 Å². The number of halogens is 1. The second-order valence-electron chi connectivity index (χ2n) is 4.99. The standard InChI is InChI=1S/C13H18BrNO3S/c1-9-4-5-12(14)6-13(9)19(16,17)15-7-10(2)18-11(3)8-15/h4-6,10-11H,7-8H2,1-3H3. The number of nitrogens with zero attached hydrogens (tertiary/aromatic N) is 1. The molecular weight excluding hydrogens is 330 g/mol. The topological polar surface area (TPSA) is 46.6 Å². The molecule has 6 heteroatoms. The number of ether oxygens (including phenoxy) is 1. The van der Waals surface area contributed by atoms with E-state index in [4.69, 9.17) is 4.74 Å². The number of aryl methyl sites for hydroxylation is 1. The first kappa shape index (κ1) is 15.0. The Morgan fingerprint density at radius 3 is 2.42 bits per heavy atom. The van der Waals surface area contributed by atoms with Gasteiger partial charge in [0.25, 0.3) is 0 Å². The predicted octanol–water partition coefficient (Wildman–Crippen LogP) is 2.56. The average molecular weight is 348 g/mol. The van der Waals surface area contributed by atoms with E-state index in [2.05, 4.69) is 15.9 Å². The number of hydrogen-bond donors (Lipinski definition) is 0. The van der Waals surface area contributed by atoms with Crippen LogP contribution >= 0.6 is 15.9 Å². The SMILES string of the molecule is Cc1ccc(Br)cc1S(=O)(=O)N1CC(C)OC(C)C1. The molecule has 0 radical (unpaired) electrons. The van der Waals surface area contributed by atoms with E-state index < -0.39 is 10.0 Å². The van der Waals surface area contributed by atoms with E-state index in [1.54, 1.807) is 6.07 Å². The molecule has 2 rings (SSSR count). The van der Waals surface area contributed by atoms with Gasteiger partial charge in [-0.1, -0.05) is 22.0 Å². The Morgan fingerprint density at radius 1 is 1.26 bits per heavy atom. The van der Waals surface area contributed by atoms with Crippen molar-refractivity contribution in [2.75, 3.05) is 13.1 Å². The quantitative estimate of drug-likeness (QED) is 0.825. The molecule has 4 nitrogen and oxygen atoms in total. The van der Waals surface area contributed by atoms with E-state index >= 15 is 0 Å². The molecule has 0 amide bonds. The summed E-state index contributed by atoms with van der Waals surface area (Å²) in [5.41, 5.74) is 0.759. The smallest absolute Gasteiger partial charge is 0.243 e. The van der Waals surface area contributed by atoms with Gasteiger partial charge in [0.2, 0.25) is 10.0 Å². The van der Waals surface area contributed by atoms with Crippen LogP contribution in [0.4, 0.5) is 0 Å². The van der Waals surface area contributed by atoms with Gasteiger partial charge < -0.3 is 4.74 Å². The molecule has 0 aromatic heterocycles. The first-order valence-corrected chi connectivity index (χ1v) is 8.46. The van der Waals surface area contributed by atoms with Crippen LogP contribution in [-0.2, 0) is 14.8 Å². The molecule has 1 heterocycles. The number of hydrogen-bond acceptors (Lipinski definition) is 3. The maximum absolute atomic E-state index is 12.7. The van der Waals surface area contributed by atoms with Crippen LogP contribution in [0.1, 0.15) is 19.4 Å². The van der Waals surface area contributed by atoms with E-state index in [-0.39, 0.29) is 12.2 Å². The fraction of sp³-hybridized carbons (Fsp3) is 0.538. The summed E-state index contributed by atoms with van der Waals surface area (Å²) in [6.45, 7) is 6.40. The first-order valence-electron chi connectivity index (χ1n) is 6.22. The van der Waals surface area contributed by atoms with Gasteiger partial charge in [0.05, 0.1) is 17.1 Å². The van der Waals surface area contributed by atoms with Crippen LogP contribution in [0.2, 0.25) is 0 Å². The van der Waals surface area contributed by atoms with Crippen LogP contribution in [0.3, 0.4) is 0 Å². The van der Waals surface area contributed by atoms with Gasteiger partial charge in [-0.3, -0.25) is 0 Å². The molecule has 0 aliphatic carbocycles. The molecule has 0 bridgehead atoms. The Balaban J connectivity index is 2.39. The highest BCUT2D eigenvalue weighted by Crippen LogP contribution is 2.26. The predicted molar refractivity (Wildman–Crippen MR) is 77.6 cm³/mol. The van der Waals surface area contributed by atoms with E-state index in [0.29, 0.717) is 18.0 Å². The minimum absolute atomic E-state index is 0.0778. The summed E-state index contributed by atoms with van der Waals surface area (Å²) < 4.78 is 33.3. The molecule has 0 spiro atoms. The molecule has 1 aliphatic heterocycles. The highest BCUT2D eigenvalue weighted by atomic mass is 79.9. The summed E-state index contributed by atoms with van der Waals surface area (Å²) in [5, 5.41) is 0. The maximum atomic E-state index is 12.7. The zero-order chi connectivity index (χ0) is 14.2. The van der Waals surface area contributed by atoms with Crippen molar-refractivity contribution in [3.8, 4) is 0 Å². The fourth-order valence-electron chi connectivity index (χ4n) is 2.32. The molecule has 1 fully saturated rings. The van der Waals surface area contributed by atoms with Crippen molar-refractivity contribution in [3.05, 3.63) is 28.2 Å². The van der Waals surface area contributed by atoms with Crippen LogP contribution in [0.25, 0.3) is 0 Å². The van der Waals surface area contributed by atoms with Crippen LogP contribution in [0.5, 0.6) is 0 Å². The zero-order valence-corrected chi connectivity index (χ0v) is 13.7. The summed E-state index contributed by atoms with van der Waals surface area (Å²) in [6, 6.07) is 5.32.